The van der Waals surface area contributed by atoms with Gasteiger partial charge in [-0.25, -0.2) is 0 Å². The molecule has 0 aliphatic carbocycles. The number of carbonyl (C=O) groups is 1. The summed E-state index contributed by atoms with van der Waals surface area (Å²) in [5, 5.41) is 9.42. The van der Waals surface area contributed by atoms with Crippen molar-refractivity contribution in [2.75, 3.05) is 17.3 Å². The largest absolute Gasteiger partial charge is 0.481 e. The van der Waals surface area contributed by atoms with E-state index < -0.39 is 11.5 Å². The highest BCUT2D eigenvalue weighted by Crippen LogP contribution is 2.34. The van der Waals surface area contributed by atoms with Gasteiger partial charge in [-0.05, 0) is 60.9 Å². The van der Waals surface area contributed by atoms with Gasteiger partial charge < -0.3 is 14.7 Å². The highest BCUT2D eigenvalue weighted by atomic mass is 32.2. The van der Waals surface area contributed by atoms with Gasteiger partial charge in [-0.3, -0.25) is 4.79 Å². The lowest BCUT2D eigenvalue weighted by Crippen LogP contribution is -2.33. The molecule has 2 aromatic carbocycles. The summed E-state index contributed by atoms with van der Waals surface area (Å²) in [4.78, 5) is 13.6. The van der Waals surface area contributed by atoms with Gasteiger partial charge in [-0.15, -0.1) is 0 Å². The Balaban J connectivity index is 2.19. The molecule has 0 aliphatic heterocycles. The lowest BCUT2D eigenvalue weighted by atomic mass is 10.0. The summed E-state index contributed by atoms with van der Waals surface area (Å²) in [7, 11) is 0. The number of hydrogen-bond donors (Lipinski definition) is 1. The Hall–Kier alpha value is -1.98. The van der Waals surface area contributed by atoms with Crippen molar-refractivity contribution in [2.24, 2.45) is 11.8 Å². The van der Waals surface area contributed by atoms with Crippen LogP contribution in [0.5, 0.6) is 0 Å². The summed E-state index contributed by atoms with van der Waals surface area (Å²) >= 11 is 1.33. The first-order valence-electron chi connectivity index (χ1n) is 13.8. The summed E-state index contributed by atoms with van der Waals surface area (Å²) in [6.07, 6.45) is 10.7. The van der Waals surface area contributed by atoms with E-state index in [-0.39, 0.29) is 5.75 Å². The first-order chi connectivity index (χ1) is 17.4. The van der Waals surface area contributed by atoms with E-state index in [2.05, 4.69) is 69.0 Å². The number of aliphatic carboxylic acids is 1. The summed E-state index contributed by atoms with van der Waals surface area (Å²) in [6, 6.07) is 18.9. The smallest absolute Gasteiger partial charge is 0.313 e. The number of nitrogens with zero attached hydrogens (tertiary/aromatic N) is 1. The first-order valence-corrected chi connectivity index (χ1v) is 14.9. The molecule has 2 unspecified atom stereocenters. The molecular weight excluding hydrogens is 466 g/mol. The van der Waals surface area contributed by atoms with Gasteiger partial charge in [0, 0.05) is 11.4 Å². The number of para-hydroxylation sites is 1. The second-order valence-corrected chi connectivity index (χ2v) is 11.2. The predicted molar refractivity (Wildman–Crippen MR) is 155 cm³/mol. The number of thioether (sulfide) groups is 1. The van der Waals surface area contributed by atoms with Crippen LogP contribution in [0, 0.1) is 11.8 Å². The maximum Gasteiger partial charge on any atom is 0.313 e. The van der Waals surface area contributed by atoms with Crippen LogP contribution in [0.25, 0.3) is 0 Å². The van der Waals surface area contributed by atoms with Crippen molar-refractivity contribution in [3.05, 3.63) is 60.2 Å². The van der Waals surface area contributed by atoms with Crippen LogP contribution in [0.3, 0.4) is 0 Å². The molecule has 0 amide bonds. The lowest BCUT2D eigenvalue weighted by molar-refractivity contribution is -0.133. The predicted octanol–water partition coefficient (Wildman–Crippen LogP) is 8.92. The summed E-state index contributed by atoms with van der Waals surface area (Å²) in [5.74, 6) is 0.427. The SMILES string of the molecule is CCCCC(CC)COC(SCC(=O)O)N(c1ccccc1)c1ccc(CCCCCC(C)C)cc1. The number of aryl methyl sites for hydroxylation is 1. The van der Waals surface area contributed by atoms with Crippen LogP contribution in [0.1, 0.15) is 84.6 Å². The fraction of sp³-hybridized carbons (Fsp3) is 0.581. The molecule has 200 valence electrons. The second-order valence-electron chi connectivity index (χ2n) is 10.1. The van der Waals surface area contributed by atoms with Crippen molar-refractivity contribution in [1.82, 2.24) is 0 Å². The van der Waals surface area contributed by atoms with Crippen LogP contribution in [-0.4, -0.2) is 29.0 Å². The van der Waals surface area contributed by atoms with Crippen molar-refractivity contribution >= 4 is 29.1 Å². The topological polar surface area (TPSA) is 49.8 Å². The normalized spacial score (nSPS) is 13.0. The fourth-order valence-corrected chi connectivity index (χ4v) is 5.17. The zero-order valence-corrected chi connectivity index (χ0v) is 23.6. The molecule has 0 aromatic heterocycles. The highest BCUT2D eigenvalue weighted by molar-refractivity contribution is 8.00. The Morgan fingerprint density at radius 3 is 2.22 bits per heavy atom. The molecule has 0 aliphatic rings. The summed E-state index contributed by atoms with van der Waals surface area (Å²) < 4.78 is 6.48. The minimum Gasteiger partial charge on any atom is -0.481 e. The van der Waals surface area contributed by atoms with Crippen molar-refractivity contribution in [1.29, 1.82) is 0 Å². The Morgan fingerprint density at radius 2 is 1.61 bits per heavy atom. The van der Waals surface area contributed by atoms with Crippen LogP contribution in [0.2, 0.25) is 0 Å². The second kappa shape index (κ2) is 17.5. The van der Waals surface area contributed by atoms with Gasteiger partial charge in [0.15, 0.2) is 5.56 Å². The van der Waals surface area contributed by atoms with E-state index in [0.29, 0.717) is 12.5 Å². The molecule has 36 heavy (non-hydrogen) atoms. The third-order valence-corrected chi connectivity index (χ3v) is 7.62. The number of unbranched alkanes of at least 4 members (excludes halogenated alkanes) is 3. The van der Waals surface area contributed by atoms with E-state index in [1.807, 2.05) is 18.2 Å². The van der Waals surface area contributed by atoms with E-state index in [1.165, 1.54) is 55.9 Å². The van der Waals surface area contributed by atoms with Gasteiger partial charge in [0.1, 0.15) is 0 Å². The molecule has 0 saturated carbocycles. The van der Waals surface area contributed by atoms with Crippen molar-refractivity contribution in [2.45, 2.75) is 91.0 Å². The number of rotatable bonds is 19. The number of hydrogen-bond acceptors (Lipinski definition) is 4. The van der Waals surface area contributed by atoms with E-state index >= 15 is 0 Å². The molecule has 0 fully saturated rings. The van der Waals surface area contributed by atoms with Crippen molar-refractivity contribution < 1.29 is 14.6 Å². The van der Waals surface area contributed by atoms with Crippen LogP contribution >= 0.6 is 11.8 Å². The monoisotopic (exact) mass is 513 g/mol. The molecule has 0 spiro atoms. The van der Waals surface area contributed by atoms with Crippen LogP contribution in [0.4, 0.5) is 11.4 Å². The number of ether oxygens (including phenoxy) is 1. The molecule has 1 N–H and O–H groups in total. The molecule has 2 rings (SSSR count). The minimum atomic E-state index is -0.826. The van der Waals surface area contributed by atoms with Gasteiger partial charge in [-0.2, -0.15) is 0 Å². The quantitative estimate of drug-likeness (QED) is 0.150. The molecule has 0 bridgehead atoms. The molecular formula is C31H47NO3S. The summed E-state index contributed by atoms with van der Waals surface area (Å²) in [5.41, 5.74) is 2.95. The molecule has 4 nitrogen and oxygen atoms in total. The number of carboxylic acids is 1. The van der Waals surface area contributed by atoms with Crippen molar-refractivity contribution in [3.63, 3.8) is 0 Å². The molecule has 0 heterocycles. The van der Waals surface area contributed by atoms with Crippen LogP contribution in [0.15, 0.2) is 54.6 Å². The van der Waals surface area contributed by atoms with E-state index in [1.54, 1.807) is 0 Å². The zero-order valence-electron chi connectivity index (χ0n) is 22.8. The van der Waals surface area contributed by atoms with Crippen molar-refractivity contribution in [3.8, 4) is 0 Å². The third-order valence-electron chi connectivity index (χ3n) is 6.57. The van der Waals surface area contributed by atoms with Gasteiger partial charge in [0.2, 0.25) is 0 Å². The Bertz CT molecular complexity index is 841. The Morgan fingerprint density at radius 1 is 0.917 bits per heavy atom. The minimum absolute atomic E-state index is 0.00574. The average molecular weight is 514 g/mol. The molecule has 5 heteroatoms. The average Bonchev–Trinajstić information content (AvgIpc) is 2.88. The van der Waals surface area contributed by atoms with Gasteiger partial charge in [-0.1, -0.05) is 108 Å². The third kappa shape index (κ3) is 11.4. The number of carboxylic acid groups (broad SMARTS) is 1. The van der Waals surface area contributed by atoms with E-state index in [0.717, 1.165) is 36.6 Å². The molecule has 2 aromatic rings. The van der Waals surface area contributed by atoms with Gasteiger partial charge in [0.05, 0.1) is 12.4 Å². The standard InChI is InChI=1S/C31H47NO3S/c1-5-7-15-26(6-2)23-35-31(36-24-30(33)34)32(28-17-12-9-13-18-28)29-21-19-27(20-22-29)16-11-8-10-14-25(3)4/h9,12-13,17-22,25-26,31H,5-8,10-11,14-16,23-24H2,1-4H3,(H,33,34). The zero-order chi connectivity index (χ0) is 26.2. The highest BCUT2D eigenvalue weighted by Gasteiger charge is 2.24. The van der Waals surface area contributed by atoms with Crippen LogP contribution < -0.4 is 4.90 Å². The maximum atomic E-state index is 11.5. The van der Waals surface area contributed by atoms with Gasteiger partial charge in [0.25, 0.3) is 0 Å². The summed E-state index contributed by atoms with van der Waals surface area (Å²) in [6.45, 7) is 9.63. The first kappa shape index (κ1) is 30.2. The van der Waals surface area contributed by atoms with Crippen LogP contribution in [-0.2, 0) is 16.0 Å². The lowest BCUT2D eigenvalue weighted by Gasteiger charge is -2.34. The fourth-order valence-electron chi connectivity index (χ4n) is 4.32. The van der Waals surface area contributed by atoms with E-state index in [4.69, 9.17) is 4.74 Å². The van der Waals surface area contributed by atoms with E-state index in [9.17, 15) is 9.90 Å². The maximum absolute atomic E-state index is 11.5. The number of anilines is 2. The molecule has 2 atom stereocenters. The Labute approximate surface area is 223 Å². The number of benzene rings is 2. The molecule has 0 saturated heterocycles. The van der Waals surface area contributed by atoms with Gasteiger partial charge >= 0.3 is 5.97 Å². The molecule has 0 radical (unpaired) electrons. The Kier molecular flexibility index (Phi) is 14.7.